The third-order valence-electron chi connectivity index (χ3n) is 4.78. The molecule has 0 fully saturated rings. The Morgan fingerprint density at radius 2 is 1.73 bits per heavy atom. The molecule has 30 heavy (non-hydrogen) atoms. The number of nitrogens with two attached hydrogens (primary N) is 3. The molecule has 0 spiro atoms. The highest BCUT2D eigenvalue weighted by Crippen LogP contribution is 2.38. The maximum absolute atomic E-state index is 12.0. The average molecular weight is 448 g/mol. The third kappa shape index (κ3) is 4.91. The van der Waals surface area contributed by atoms with Crippen molar-refractivity contribution in [3.8, 4) is 0 Å². The summed E-state index contributed by atoms with van der Waals surface area (Å²) in [4.78, 5) is 10.4. The minimum atomic E-state index is -3.74. The van der Waals surface area contributed by atoms with Crippen LogP contribution in [0, 0.1) is 5.92 Å². The lowest BCUT2D eigenvalue weighted by molar-refractivity contribution is -0.121. The van der Waals surface area contributed by atoms with Crippen molar-refractivity contribution in [1.82, 2.24) is 0 Å². The van der Waals surface area contributed by atoms with Crippen molar-refractivity contribution >= 4 is 33.1 Å². The summed E-state index contributed by atoms with van der Waals surface area (Å²) in [5.74, 6) is -1.38. The van der Waals surface area contributed by atoms with Gasteiger partial charge in [0.1, 0.15) is 5.76 Å². The Morgan fingerprint density at radius 3 is 2.30 bits per heavy atom. The van der Waals surface area contributed by atoms with Crippen LogP contribution in [0.1, 0.15) is 11.1 Å². The number of ether oxygens (including phenoxy) is 1. The first-order valence-corrected chi connectivity index (χ1v) is 11.0. The van der Waals surface area contributed by atoms with Crippen LogP contribution in [0.5, 0.6) is 0 Å². The van der Waals surface area contributed by atoms with E-state index < -0.39 is 26.8 Å². The minimum Gasteiger partial charge on any atom is -0.494 e. The molecule has 0 heterocycles. The van der Waals surface area contributed by atoms with E-state index >= 15 is 0 Å². The second kappa shape index (κ2) is 8.61. The molecular formula is C21H22ClN3O4S. The monoisotopic (exact) mass is 447 g/mol. The van der Waals surface area contributed by atoms with Crippen LogP contribution < -0.4 is 16.6 Å². The molecule has 0 radical (unpaired) electrons. The standard InChI is InChI=1S/C21H22ClN3O4S/c22-21(24)18(20(23)26)12-16(15-4-2-1-3-5-15)13-19(21)29-11-10-14-6-8-17(9-7-14)30(25,27)28/h1-9,12-13,18H,10-11,24H2,(H2,23,26)(H2,25,27,28). The van der Waals surface area contributed by atoms with Gasteiger partial charge in [-0.25, -0.2) is 13.6 Å². The molecule has 0 bridgehead atoms. The number of halogens is 1. The number of carbonyl (C=O) groups is 1. The average Bonchev–Trinajstić information content (AvgIpc) is 2.69. The summed E-state index contributed by atoms with van der Waals surface area (Å²) in [6, 6.07) is 15.6. The number of alkyl halides is 1. The molecule has 0 saturated heterocycles. The number of rotatable bonds is 7. The van der Waals surface area contributed by atoms with Gasteiger partial charge in [-0.05, 0) is 34.9 Å². The first kappa shape index (κ1) is 22.0. The van der Waals surface area contributed by atoms with E-state index in [2.05, 4.69) is 0 Å². The quantitative estimate of drug-likeness (QED) is 0.439. The summed E-state index contributed by atoms with van der Waals surface area (Å²) in [5.41, 5.74) is 14.2. The number of sulfonamides is 1. The van der Waals surface area contributed by atoms with Crippen molar-refractivity contribution in [2.24, 2.45) is 22.5 Å². The SMILES string of the molecule is NC(=O)C1C=C(c2ccccc2)C=C(OCCc2ccc(S(N)(=O)=O)cc2)C1(N)Cl. The number of allylic oxidation sites excluding steroid dienone is 2. The molecule has 0 aliphatic heterocycles. The lowest BCUT2D eigenvalue weighted by atomic mass is 9.86. The molecule has 1 aliphatic rings. The lowest BCUT2D eigenvalue weighted by Crippen LogP contribution is -2.50. The number of primary sulfonamides is 1. The summed E-state index contributed by atoms with van der Waals surface area (Å²) in [7, 11) is -3.74. The van der Waals surface area contributed by atoms with E-state index in [1.165, 1.54) is 12.1 Å². The fourth-order valence-corrected chi connectivity index (χ4v) is 3.93. The minimum absolute atomic E-state index is 0.0332. The van der Waals surface area contributed by atoms with Crippen LogP contribution >= 0.6 is 11.6 Å². The van der Waals surface area contributed by atoms with E-state index in [-0.39, 0.29) is 17.3 Å². The molecule has 2 unspecified atom stereocenters. The van der Waals surface area contributed by atoms with Gasteiger partial charge in [-0.3, -0.25) is 4.79 Å². The normalized spacial score (nSPS) is 21.5. The zero-order chi connectivity index (χ0) is 21.9. The molecule has 2 aromatic carbocycles. The zero-order valence-corrected chi connectivity index (χ0v) is 17.6. The molecule has 2 atom stereocenters. The van der Waals surface area contributed by atoms with Gasteiger partial charge in [0.05, 0.1) is 17.4 Å². The van der Waals surface area contributed by atoms with Crippen molar-refractivity contribution in [2.75, 3.05) is 6.61 Å². The predicted octanol–water partition coefficient (Wildman–Crippen LogP) is 1.87. The number of primary amides is 1. The first-order chi connectivity index (χ1) is 14.1. The maximum atomic E-state index is 12.0. The molecule has 9 heteroatoms. The van der Waals surface area contributed by atoms with Crippen molar-refractivity contribution in [3.63, 3.8) is 0 Å². The largest absolute Gasteiger partial charge is 0.494 e. The molecular weight excluding hydrogens is 426 g/mol. The van der Waals surface area contributed by atoms with Gasteiger partial charge >= 0.3 is 0 Å². The Balaban J connectivity index is 1.78. The van der Waals surface area contributed by atoms with Crippen molar-refractivity contribution in [3.05, 3.63) is 83.6 Å². The van der Waals surface area contributed by atoms with Crippen LogP contribution in [0.3, 0.4) is 0 Å². The lowest BCUT2D eigenvalue weighted by Gasteiger charge is -2.33. The van der Waals surface area contributed by atoms with Gasteiger partial charge in [0.2, 0.25) is 15.9 Å². The third-order valence-corrected chi connectivity index (χ3v) is 6.13. The summed E-state index contributed by atoms with van der Waals surface area (Å²) in [6.45, 7) is 0.208. The fourth-order valence-electron chi connectivity index (χ4n) is 3.13. The molecule has 1 amide bonds. The second-order valence-electron chi connectivity index (χ2n) is 6.93. The Hall–Kier alpha value is -2.65. The fraction of sp³-hybridized carbons (Fsp3) is 0.190. The predicted molar refractivity (Wildman–Crippen MR) is 115 cm³/mol. The Labute approximate surface area is 180 Å². The van der Waals surface area contributed by atoms with Crippen LogP contribution in [0.2, 0.25) is 0 Å². The van der Waals surface area contributed by atoms with E-state index in [9.17, 15) is 13.2 Å². The van der Waals surface area contributed by atoms with Crippen LogP contribution in [-0.2, 0) is 26.0 Å². The van der Waals surface area contributed by atoms with Gasteiger partial charge in [-0.15, -0.1) is 0 Å². The van der Waals surface area contributed by atoms with Gasteiger partial charge in [0.25, 0.3) is 0 Å². The van der Waals surface area contributed by atoms with E-state index in [0.717, 1.165) is 16.7 Å². The van der Waals surface area contributed by atoms with Gasteiger partial charge in [0, 0.05) is 6.42 Å². The number of hydrogen-bond acceptors (Lipinski definition) is 5. The van der Waals surface area contributed by atoms with Crippen molar-refractivity contribution in [1.29, 1.82) is 0 Å². The molecule has 0 aromatic heterocycles. The topological polar surface area (TPSA) is 138 Å². The zero-order valence-electron chi connectivity index (χ0n) is 16.0. The van der Waals surface area contributed by atoms with Crippen LogP contribution in [-0.4, -0.2) is 25.9 Å². The van der Waals surface area contributed by atoms with E-state index in [4.69, 9.17) is 32.9 Å². The molecule has 2 aromatic rings. The highest BCUT2D eigenvalue weighted by atomic mass is 35.5. The van der Waals surface area contributed by atoms with Gasteiger partial charge in [-0.2, -0.15) is 0 Å². The van der Waals surface area contributed by atoms with Crippen LogP contribution in [0.4, 0.5) is 0 Å². The number of carbonyl (C=O) groups excluding carboxylic acids is 1. The molecule has 158 valence electrons. The molecule has 1 aliphatic carbocycles. The van der Waals surface area contributed by atoms with Gasteiger partial charge in [-0.1, -0.05) is 60.1 Å². The smallest absolute Gasteiger partial charge is 0.238 e. The molecule has 0 saturated carbocycles. The molecule has 3 rings (SSSR count). The first-order valence-electron chi connectivity index (χ1n) is 9.10. The molecule has 6 N–H and O–H groups in total. The molecule has 7 nitrogen and oxygen atoms in total. The van der Waals surface area contributed by atoms with Crippen LogP contribution in [0.15, 0.2) is 77.4 Å². The summed E-state index contributed by atoms with van der Waals surface area (Å²) >= 11 is 6.46. The summed E-state index contributed by atoms with van der Waals surface area (Å²) < 4.78 is 28.5. The van der Waals surface area contributed by atoms with Gasteiger partial charge in [0.15, 0.2) is 5.00 Å². The Kier molecular flexibility index (Phi) is 6.33. The Morgan fingerprint density at radius 1 is 1.10 bits per heavy atom. The van der Waals surface area contributed by atoms with E-state index in [0.29, 0.717) is 6.42 Å². The van der Waals surface area contributed by atoms with Gasteiger partial charge < -0.3 is 16.2 Å². The van der Waals surface area contributed by atoms with Crippen molar-refractivity contribution in [2.45, 2.75) is 16.3 Å². The summed E-state index contributed by atoms with van der Waals surface area (Å²) in [6.07, 6.45) is 3.80. The second-order valence-corrected chi connectivity index (χ2v) is 9.12. The maximum Gasteiger partial charge on any atom is 0.238 e. The van der Waals surface area contributed by atoms with E-state index in [1.807, 2.05) is 30.3 Å². The van der Waals surface area contributed by atoms with Crippen LogP contribution in [0.25, 0.3) is 5.57 Å². The number of amides is 1. The summed E-state index contributed by atoms with van der Waals surface area (Å²) in [5, 5.41) is 5.10. The highest BCUT2D eigenvalue weighted by Gasteiger charge is 2.43. The number of benzene rings is 2. The Bertz CT molecular complexity index is 1090. The van der Waals surface area contributed by atoms with Crippen molar-refractivity contribution < 1.29 is 17.9 Å². The van der Waals surface area contributed by atoms with E-state index in [1.54, 1.807) is 24.3 Å². The highest BCUT2D eigenvalue weighted by molar-refractivity contribution is 7.89. The number of hydrogen-bond donors (Lipinski definition) is 3.